The summed E-state index contributed by atoms with van der Waals surface area (Å²) in [5, 5.41) is 12.1. The molecule has 1 aromatic carbocycles. The molecule has 2 fully saturated rings. The van der Waals surface area contributed by atoms with Crippen LogP contribution in [0.15, 0.2) is 30.3 Å². The number of para-hydroxylation sites is 1. The molecule has 2 saturated heterocycles. The zero-order valence-corrected chi connectivity index (χ0v) is 16.3. The maximum Gasteiger partial charge on any atom is 0.317 e. The van der Waals surface area contributed by atoms with Gasteiger partial charge in [-0.25, -0.2) is 4.79 Å². The molecule has 1 aromatic rings. The Morgan fingerprint density at radius 3 is 2.44 bits per heavy atom. The van der Waals surface area contributed by atoms with Crippen molar-refractivity contribution in [3.8, 4) is 6.07 Å². The van der Waals surface area contributed by atoms with Crippen LogP contribution >= 0.6 is 0 Å². The lowest BCUT2D eigenvalue weighted by Gasteiger charge is -2.36. The average molecular weight is 370 g/mol. The fourth-order valence-corrected chi connectivity index (χ4v) is 3.83. The number of rotatable bonds is 5. The van der Waals surface area contributed by atoms with Gasteiger partial charge in [-0.2, -0.15) is 5.26 Å². The zero-order chi connectivity index (χ0) is 19.1. The summed E-state index contributed by atoms with van der Waals surface area (Å²) in [7, 11) is 0. The molecule has 0 unspecified atom stereocenters. The Hall–Kier alpha value is -2.26. The van der Waals surface area contributed by atoms with E-state index in [-0.39, 0.29) is 18.0 Å². The third-order valence-electron chi connectivity index (χ3n) is 5.71. The number of piperidine rings is 1. The molecule has 2 heterocycles. The van der Waals surface area contributed by atoms with Crippen LogP contribution in [0, 0.1) is 17.2 Å². The standard InChI is InChI=1S/C21H31N5O/c1-18(23-21(27)26-11-8-19(17-22)9-12-26)7-10-24-13-15-25(16-14-24)20-5-3-2-4-6-20/h2-6,18-19H,7-16H2,1H3,(H,23,27)/t18-/m1/s1. The van der Waals surface area contributed by atoms with Crippen LogP contribution in [-0.2, 0) is 0 Å². The van der Waals surface area contributed by atoms with Gasteiger partial charge in [-0.3, -0.25) is 4.90 Å². The van der Waals surface area contributed by atoms with Gasteiger partial charge in [0.25, 0.3) is 0 Å². The second kappa shape index (κ2) is 9.61. The molecule has 0 bridgehead atoms. The molecular formula is C21H31N5O. The van der Waals surface area contributed by atoms with Crippen molar-refractivity contribution < 1.29 is 4.79 Å². The average Bonchev–Trinajstić information content (AvgIpc) is 2.73. The first kappa shape index (κ1) is 19.5. The van der Waals surface area contributed by atoms with E-state index in [1.54, 1.807) is 0 Å². The first-order valence-electron chi connectivity index (χ1n) is 10.1. The fourth-order valence-electron chi connectivity index (χ4n) is 3.83. The van der Waals surface area contributed by atoms with Crippen molar-refractivity contribution in [3.63, 3.8) is 0 Å². The van der Waals surface area contributed by atoms with Crippen molar-refractivity contribution in [1.82, 2.24) is 15.1 Å². The number of likely N-dealkylation sites (tertiary alicyclic amines) is 1. The van der Waals surface area contributed by atoms with Gasteiger partial charge in [0.1, 0.15) is 0 Å². The van der Waals surface area contributed by atoms with E-state index in [1.165, 1.54) is 5.69 Å². The normalized spacial score (nSPS) is 20.1. The summed E-state index contributed by atoms with van der Waals surface area (Å²) in [6.07, 6.45) is 2.56. The zero-order valence-electron chi connectivity index (χ0n) is 16.3. The van der Waals surface area contributed by atoms with E-state index in [0.29, 0.717) is 13.1 Å². The number of hydrogen-bond acceptors (Lipinski definition) is 4. The van der Waals surface area contributed by atoms with Crippen molar-refractivity contribution in [3.05, 3.63) is 30.3 Å². The van der Waals surface area contributed by atoms with Gasteiger partial charge in [-0.15, -0.1) is 0 Å². The second-order valence-electron chi connectivity index (χ2n) is 7.69. The number of amides is 2. The van der Waals surface area contributed by atoms with E-state index >= 15 is 0 Å². The summed E-state index contributed by atoms with van der Waals surface area (Å²) in [4.78, 5) is 19.1. The third-order valence-corrected chi connectivity index (χ3v) is 5.71. The van der Waals surface area contributed by atoms with E-state index in [0.717, 1.165) is 52.0 Å². The number of urea groups is 1. The number of nitrogens with one attached hydrogen (secondary N) is 1. The molecular weight excluding hydrogens is 338 g/mol. The molecule has 0 radical (unpaired) electrons. The highest BCUT2D eigenvalue weighted by Crippen LogP contribution is 2.17. The van der Waals surface area contributed by atoms with Crippen molar-refractivity contribution in [1.29, 1.82) is 5.26 Å². The predicted octanol–water partition coefficient (Wildman–Crippen LogP) is 2.53. The number of benzene rings is 1. The lowest BCUT2D eigenvalue weighted by molar-refractivity contribution is 0.173. The number of carbonyl (C=O) groups excluding carboxylic acids is 1. The molecule has 146 valence electrons. The lowest BCUT2D eigenvalue weighted by Crippen LogP contribution is -2.49. The molecule has 2 aliphatic heterocycles. The molecule has 3 rings (SSSR count). The number of anilines is 1. The molecule has 6 nitrogen and oxygen atoms in total. The topological polar surface area (TPSA) is 62.6 Å². The minimum atomic E-state index is 0.0211. The van der Waals surface area contributed by atoms with Crippen LogP contribution in [0.2, 0.25) is 0 Å². The molecule has 27 heavy (non-hydrogen) atoms. The Morgan fingerprint density at radius 2 is 1.81 bits per heavy atom. The Labute approximate surface area is 162 Å². The van der Waals surface area contributed by atoms with Crippen LogP contribution in [0.1, 0.15) is 26.2 Å². The summed E-state index contributed by atoms with van der Waals surface area (Å²) in [5.74, 6) is 0.112. The Morgan fingerprint density at radius 1 is 1.15 bits per heavy atom. The van der Waals surface area contributed by atoms with E-state index in [2.05, 4.69) is 58.4 Å². The maximum atomic E-state index is 12.4. The van der Waals surface area contributed by atoms with Crippen LogP contribution in [0.25, 0.3) is 0 Å². The van der Waals surface area contributed by atoms with E-state index < -0.39 is 0 Å². The van der Waals surface area contributed by atoms with Gasteiger partial charge >= 0.3 is 6.03 Å². The number of nitrogens with zero attached hydrogens (tertiary/aromatic N) is 4. The number of hydrogen-bond donors (Lipinski definition) is 1. The molecule has 0 saturated carbocycles. The quantitative estimate of drug-likeness (QED) is 0.866. The Balaban J connectivity index is 1.33. The third kappa shape index (κ3) is 5.61. The smallest absolute Gasteiger partial charge is 0.317 e. The summed E-state index contributed by atoms with van der Waals surface area (Å²) in [6, 6.07) is 13.1. The van der Waals surface area contributed by atoms with E-state index in [1.807, 2.05) is 4.90 Å². The molecule has 0 spiro atoms. The van der Waals surface area contributed by atoms with Gasteiger partial charge in [0.15, 0.2) is 0 Å². The second-order valence-corrected chi connectivity index (χ2v) is 7.69. The minimum absolute atomic E-state index is 0.0211. The summed E-state index contributed by atoms with van der Waals surface area (Å²) in [6.45, 7) is 8.73. The highest BCUT2D eigenvalue weighted by Gasteiger charge is 2.23. The van der Waals surface area contributed by atoms with Crippen LogP contribution < -0.4 is 10.2 Å². The van der Waals surface area contributed by atoms with Gasteiger partial charge < -0.3 is 15.1 Å². The maximum absolute atomic E-state index is 12.4. The van der Waals surface area contributed by atoms with Crippen LogP contribution in [-0.4, -0.2) is 67.7 Å². The molecule has 1 N–H and O–H groups in total. The van der Waals surface area contributed by atoms with Gasteiger partial charge in [0.05, 0.1) is 6.07 Å². The number of carbonyl (C=O) groups is 1. The van der Waals surface area contributed by atoms with Crippen molar-refractivity contribution >= 4 is 11.7 Å². The highest BCUT2D eigenvalue weighted by molar-refractivity contribution is 5.74. The fraction of sp³-hybridized carbons (Fsp3) is 0.619. The molecule has 0 aliphatic carbocycles. The molecule has 0 aromatic heterocycles. The van der Waals surface area contributed by atoms with Crippen LogP contribution in [0.3, 0.4) is 0 Å². The van der Waals surface area contributed by atoms with Gasteiger partial charge in [0.2, 0.25) is 0 Å². The molecule has 2 aliphatic rings. The highest BCUT2D eigenvalue weighted by atomic mass is 16.2. The molecule has 1 atom stereocenters. The minimum Gasteiger partial charge on any atom is -0.369 e. The lowest BCUT2D eigenvalue weighted by atomic mass is 9.99. The summed E-state index contributed by atoms with van der Waals surface area (Å²) in [5.41, 5.74) is 1.30. The molecule has 2 amide bonds. The largest absolute Gasteiger partial charge is 0.369 e. The van der Waals surface area contributed by atoms with Crippen LogP contribution in [0.5, 0.6) is 0 Å². The number of nitriles is 1. The van der Waals surface area contributed by atoms with Gasteiger partial charge in [-0.05, 0) is 38.3 Å². The Bertz CT molecular complexity index is 628. The number of piperazine rings is 1. The first-order chi connectivity index (χ1) is 13.2. The first-order valence-corrected chi connectivity index (χ1v) is 10.1. The van der Waals surface area contributed by atoms with E-state index in [4.69, 9.17) is 5.26 Å². The Kier molecular flexibility index (Phi) is 6.94. The summed E-state index contributed by atoms with van der Waals surface area (Å²) < 4.78 is 0. The molecule has 6 heteroatoms. The van der Waals surface area contributed by atoms with Crippen molar-refractivity contribution in [2.45, 2.75) is 32.2 Å². The monoisotopic (exact) mass is 369 g/mol. The van der Waals surface area contributed by atoms with Crippen LogP contribution in [0.4, 0.5) is 10.5 Å². The van der Waals surface area contributed by atoms with Gasteiger partial charge in [-0.1, -0.05) is 18.2 Å². The summed E-state index contributed by atoms with van der Waals surface area (Å²) >= 11 is 0. The van der Waals surface area contributed by atoms with E-state index in [9.17, 15) is 4.79 Å². The predicted molar refractivity (Wildman–Crippen MR) is 108 cm³/mol. The SMILES string of the molecule is C[C@H](CCN1CCN(c2ccccc2)CC1)NC(=O)N1CCC(C#N)CC1. The van der Waals surface area contributed by atoms with Crippen molar-refractivity contribution in [2.75, 3.05) is 50.7 Å². The van der Waals surface area contributed by atoms with Gasteiger partial charge in [0, 0.05) is 63.5 Å². The van der Waals surface area contributed by atoms with Crippen molar-refractivity contribution in [2.24, 2.45) is 5.92 Å².